The molecule has 3 rings (SSSR count). The molecule has 0 bridgehead atoms. The maximum Gasteiger partial charge on any atom is 0.153 e. The average molecular weight is 327 g/mol. The number of hydrogen-bond donors (Lipinski definition) is 0. The Labute approximate surface area is 139 Å². The molecule has 0 saturated carbocycles. The van der Waals surface area contributed by atoms with E-state index in [9.17, 15) is 0 Å². The molecule has 0 aliphatic carbocycles. The Morgan fingerprint density at radius 3 is 2.43 bits per heavy atom. The van der Waals surface area contributed by atoms with Crippen LogP contribution in [0.5, 0.6) is 17.2 Å². The van der Waals surface area contributed by atoms with Crippen LogP contribution in [0.4, 0.5) is 0 Å². The number of aromatic nitrogens is 2. The van der Waals surface area contributed by atoms with Crippen molar-refractivity contribution in [1.82, 2.24) is 9.97 Å². The van der Waals surface area contributed by atoms with Crippen molar-refractivity contribution in [2.24, 2.45) is 0 Å². The lowest BCUT2D eigenvalue weighted by Crippen LogP contribution is -1.94. The summed E-state index contributed by atoms with van der Waals surface area (Å²) in [7, 11) is 1.64. The largest absolute Gasteiger partial charge is 0.497 e. The average Bonchev–Trinajstić information content (AvgIpc) is 2.57. The molecule has 0 saturated heterocycles. The summed E-state index contributed by atoms with van der Waals surface area (Å²) in [5.41, 5.74) is 2.63. The van der Waals surface area contributed by atoms with Gasteiger partial charge >= 0.3 is 0 Å². The molecule has 2 aromatic heterocycles. The van der Waals surface area contributed by atoms with Crippen molar-refractivity contribution in [2.45, 2.75) is 6.92 Å². The number of benzene rings is 1. The Morgan fingerprint density at radius 1 is 0.957 bits per heavy atom. The highest BCUT2D eigenvalue weighted by molar-refractivity contribution is 6.29. The van der Waals surface area contributed by atoms with Gasteiger partial charge in [0.25, 0.3) is 0 Å². The third-order valence-corrected chi connectivity index (χ3v) is 3.49. The molecule has 5 heteroatoms. The molecule has 2 heterocycles. The van der Waals surface area contributed by atoms with Crippen LogP contribution in [0.3, 0.4) is 0 Å². The third kappa shape index (κ3) is 3.60. The first-order chi connectivity index (χ1) is 11.2. The monoisotopic (exact) mass is 326 g/mol. The lowest BCUT2D eigenvalue weighted by Gasteiger charge is -2.12. The Bertz CT molecular complexity index is 820. The lowest BCUT2D eigenvalue weighted by atomic mass is 10.1. The van der Waals surface area contributed by atoms with Crippen LogP contribution in [0.1, 0.15) is 5.69 Å². The standard InChI is InChI=1S/C18H15ClN2O2/c1-12-3-8-16(23-15-9-10-20-17(19)11-15)18(21-12)13-4-6-14(22-2)7-5-13/h3-11H,1-2H3. The summed E-state index contributed by atoms with van der Waals surface area (Å²) in [6, 6.07) is 14.9. The summed E-state index contributed by atoms with van der Waals surface area (Å²) in [5.74, 6) is 2.07. The molecule has 3 aromatic rings. The van der Waals surface area contributed by atoms with Crippen molar-refractivity contribution in [1.29, 1.82) is 0 Å². The minimum atomic E-state index is 0.383. The fourth-order valence-electron chi connectivity index (χ4n) is 2.16. The van der Waals surface area contributed by atoms with Crippen molar-refractivity contribution in [3.63, 3.8) is 0 Å². The molecule has 0 radical (unpaired) electrons. The maximum absolute atomic E-state index is 5.94. The van der Waals surface area contributed by atoms with Crippen molar-refractivity contribution >= 4 is 11.6 Å². The number of rotatable bonds is 4. The zero-order chi connectivity index (χ0) is 16.2. The number of halogens is 1. The van der Waals surface area contributed by atoms with Crippen LogP contribution >= 0.6 is 11.6 Å². The third-order valence-electron chi connectivity index (χ3n) is 3.29. The minimum Gasteiger partial charge on any atom is -0.497 e. The predicted octanol–water partition coefficient (Wildman–Crippen LogP) is 4.91. The van der Waals surface area contributed by atoms with E-state index in [1.807, 2.05) is 43.3 Å². The van der Waals surface area contributed by atoms with E-state index < -0.39 is 0 Å². The normalized spacial score (nSPS) is 10.4. The van der Waals surface area contributed by atoms with Gasteiger partial charge in [-0.05, 0) is 49.4 Å². The molecular formula is C18H15ClN2O2. The van der Waals surface area contributed by atoms with Gasteiger partial charge in [0.15, 0.2) is 5.75 Å². The minimum absolute atomic E-state index is 0.383. The highest BCUT2D eigenvalue weighted by Crippen LogP contribution is 2.33. The van der Waals surface area contributed by atoms with Gasteiger partial charge in [0, 0.05) is 23.5 Å². The number of nitrogens with zero attached hydrogens (tertiary/aromatic N) is 2. The maximum atomic E-state index is 5.94. The van der Waals surface area contributed by atoms with E-state index in [4.69, 9.17) is 21.1 Å². The van der Waals surface area contributed by atoms with Crippen LogP contribution in [0.25, 0.3) is 11.3 Å². The molecule has 1 aromatic carbocycles. The molecular weight excluding hydrogens is 312 g/mol. The Kier molecular flexibility index (Phi) is 4.44. The van der Waals surface area contributed by atoms with E-state index in [2.05, 4.69) is 9.97 Å². The smallest absolute Gasteiger partial charge is 0.153 e. The fraction of sp³-hybridized carbons (Fsp3) is 0.111. The van der Waals surface area contributed by atoms with Crippen LogP contribution in [-0.4, -0.2) is 17.1 Å². The molecule has 0 atom stereocenters. The van der Waals surface area contributed by atoms with E-state index in [1.54, 1.807) is 25.4 Å². The SMILES string of the molecule is COc1ccc(-c2nc(C)ccc2Oc2ccnc(Cl)c2)cc1. The number of hydrogen-bond acceptors (Lipinski definition) is 4. The van der Waals surface area contributed by atoms with Crippen molar-refractivity contribution in [3.05, 3.63) is 65.6 Å². The van der Waals surface area contributed by atoms with Gasteiger partial charge in [-0.3, -0.25) is 0 Å². The summed E-state index contributed by atoms with van der Waals surface area (Å²) in [4.78, 5) is 8.55. The summed E-state index contributed by atoms with van der Waals surface area (Å²) in [6.45, 7) is 1.94. The van der Waals surface area contributed by atoms with Crippen LogP contribution in [0.15, 0.2) is 54.7 Å². The molecule has 23 heavy (non-hydrogen) atoms. The van der Waals surface area contributed by atoms with Gasteiger partial charge in [-0.1, -0.05) is 11.6 Å². The molecule has 0 aliphatic rings. The summed E-state index contributed by atoms with van der Waals surface area (Å²) in [5, 5.41) is 0.383. The fourth-order valence-corrected chi connectivity index (χ4v) is 2.32. The molecule has 0 spiro atoms. The molecule has 116 valence electrons. The van der Waals surface area contributed by atoms with E-state index in [0.717, 1.165) is 22.7 Å². The molecule has 4 nitrogen and oxygen atoms in total. The Balaban J connectivity index is 2.00. The lowest BCUT2D eigenvalue weighted by molar-refractivity contribution is 0.415. The van der Waals surface area contributed by atoms with Gasteiger partial charge in [0.1, 0.15) is 22.3 Å². The summed E-state index contributed by atoms with van der Waals surface area (Å²) in [6.07, 6.45) is 1.60. The van der Waals surface area contributed by atoms with Gasteiger partial charge in [-0.15, -0.1) is 0 Å². The first kappa shape index (κ1) is 15.3. The Hall–Kier alpha value is -2.59. The van der Waals surface area contributed by atoms with Crippen molar-refractivity contribution in [2.75, 3.05) is 7.11 Å². The zero-order valence-electron chi connectivity index (χ0n) is 12.8. The second-order valence-electron chi connectivity index (χ2n) is 4.94. The first-order valence-corrected chi connectivity index (χ1v) is 7.45. The Morgan fingerprint density at radius 2 is 1.74 bits per heavy atom. The highest BCUT2D eigenvalue weighted by atomic mass is 35.5. The number of ether oxygens (including phenoxy) is 2. The van der Waals surface area contributed by atoms with Gasteiger partial charge in [0.05, 0.1) is 7.11 Å². The van der Waals surface area contributed by atoms with Crippen LogP contribution in [0.2, 0.25) is 5.15 Å². The molecule has 0 unspecified atom stereocenters. The zero-order valence-corrected chi connectivity index (χ0v) is 13.5. The quantitative estimate of drug-likeness (QED) is 0.639. The van der Waals surface area contributed by atoms with Crippen LogP contribution in [0, 0.1) is 6.92 Å². The predicted molar refractivity (Wildman–Crippen MR) is 90.3 cm³/mol. The van der Waals surface area contributed by atoms with Gasteiger partial charge < -0.3 is 9.47 Å². The molecule has 0 N–H and O–H groups in total. The molecule has 0 fully saturated rings. The number of aryl methyl sites for hydroxylation is 1. The number of methoxy groups -OCH3 is 1. The van der Waals surface area contributed by atoms with E-state index >= 15 is 0 Å². The summed E-state index contributed by atoms with van der Waals surface area (Å²) >= 11 is 5.91. The first-order valence-electron chi connectivity index (χ1n) is 7.07. The van der Waals surface area contributed by atoms with E-state index in [-0.39, 0.29) is 0 Å². The van der Waals surface area contributed by atoms with E-state index in [0.29, 0.717) is 16.7 Å². The summed E-state index contributed by atoms with van der Waals surface area (Å²) < 4.78 is 11.1. The highest BCUT2D eigenvalue weighted by Gasteiger charge is 2.10. The van der Waals surface area contributed by atoms with E-state index in [1.165, 1.54) is 0 Å². The van der Waals surface area contributed by atoms with Crippen LogP contribution < -0.4 is 9.47 Å². The number of pyridine rings is 2. The van der Waals surface area contributed by atoms with Crippen molar-refractivity contribution in [3.8, 4) is 28.5 Å². The van der Waals surface area contributed by atoms with Crippen molar-refractivity contribution < 1.29 is 9.47 Å². The molecule has 0 amide bonds. The van der Waals surface area contributed by atoms with Crippen LogP contribution in [-0.2, 0) is 0 Å². The topological polar surface area (TPSA) is 44.2 Å². The second-order valence-corrected chi connectivity index (χ2v) is 5.33. The van der Waals surface area contributed by atoms with Gasteiger partial charge in [-0.2, -0.15) is 0 Å². The van der Waals surface area contributed by atoms with Gasteiger partial charge in [0.2, 0.25) is 0 Å². The second kappa shape index (κ2) is 6.67. The van der Waals surface area contributed by atoms with Gasteiger partial charge in [-0.25, -0.2) is 9.97 Å². The molecule has 0 aliphatic heterocycles.